The maximum absolute atomic E-state index is 5.60. The molecule has 0 spiro atoms. The van der Waals surface area contributed by atoms with E-state index in [1.807, 2.05) is 19.9 Å². The summed E-state index contributed by atoms with van der Waals surface area (Å²) in [7, 11) is 0. The molecule has 1 aromatic rings. The molecule has 0 amide bonds. The zero-order valence-corrected chi connectivity index (χ0v) is 12.6. The third-order valence-corrected chi connectivity index (χ3v) is 2.51. The molecule has 0 aliphatic carbocycles. The fourth-order valence-corrected chi connectivity index (χ4v) is 2.01. The summed E-state index contributed by atoms with van der Waals surface area (Å²) in [6.07, 6.45) is 0.958. The van der Waals surface area contributed by atoms with E-state index in [4.69, 9.17) is 9.47 Å². The first-order valence-electron chi connectivity index (χ1n) is 6.03. The van der Waals surface area contributed by atoms with Crippen LogP contribution in [0.5, 0.6) is 11.5 Å². The van der Waals surface area contributed by atoms with Crippen LogP contribution < -0.4 is 9.47 Å². The van der Waals surface area contributed by atoms with E-state index in [1.54, 1.807) is 0 Å². The lowest BCUT2D eigenvalue weighted by atomic mass is 10.0. The van der Waals surface area contributed by atoms with E-state index >= 15 is 0 Å². The van der Waals surface area contributed by atoms with E-state index in [0.29, 0.717) is 13.2 Å². The van der Waals surface area contributed by atoms with Crippen LogP contribution in [0.1, 0.15) is 33.3 Å². The fraction of sp³-hybridized carbons (Fsp3) is 0.571. The largest absolute Gasteiger partial charge is 0.490 e. The Labute approximate surface area is 112 Å². The highest BCUT2D eigenvalue weighted by Gasteiger charge is 2.15. The van der Waals surface area contributed by atoms with Crippen molar-refractivity contribution in [2.75, 3.05) is 13.2 Å². The second kappa shape index (κ2) is 6.29. The highest BCUT2D eigenvalue weighted by atomic mass is 79.9. The molecule has 17 heavy (non-hydrogen) atoms. The van der Waals surface area contributed by atoms with Gasteiger partial charge in [-0.15, -0.1) is 0 Å². The van der Waals surface area contributed by atoms with Crippen LogP contribution in [-0.4, -0.2) is 17.5 Å². The van der Waals surface area contributed by atoms with Gasteiger partial charge in [0.2, 0.25) is 0 Å². The molecule has 0 radical (unpaired) electrons. The molecule has 2 nitrogen and oxygen atoms in total. The van der Waals surface area contributed by atoms with Crippen molar-refractivity contribution in [2.45, 2.75) is 38.4 Å². The van der Waals surface area contributed by atoms with Crippen LogP contribution in [0.4, 0.5) is 0 Å². The Morgan fingerprint density at radius 3 is 2.18 bits per heavy atom. The standard InChI is InChI=1S/C14H21BrO2/c1-5-16-12-8-7-11(10-14(3,4)15)9-13(12)17-6-2/h7-9H,5-6,10H2,1-4H3. The molecule has 0 bridgehead atoms. The molecule has 0 unspecified atom stereocenters. The summed E-state index contributed by atoms with van der Waals surface area (Å²) in [6.45, 7) is 9.58. The Balaban J connectivity index is 2.92. The quantitative estimate of drug-likeness (QED) is 0.733. The van der Waals surface area contributed by atoms with Crippen LogP contribution in [0.25, 0.3) is 0 Å². The van der Waals surface area contributed by atoms with Gasteiger partial charge < -0.3 is 9.47 Å². The number of alkyl halides is 1. The van der Waals surface area contributed by atoms with Crippen molar-refractivity contribution in [3.8, 4) is 11.5 Å². The van der Waals surface area contributed by atoms with Gasteiger partial charge in [-0.3, -0.25) is 0 Å². The van der Waals surface area contributed by atoms with Gasteiger partial charge in [-0.2, -0.15) is 0 Å². The lowest BCUT2D eigenvalue weighted by molar-refractivity contribution is 0.287. The summed E-state index contributed by atoms with van der Waals surface area (Å²) in [6, 6.07) is 6.15. The van der Waals surface area contributed by atoms with Crippen molar-refractivity contribution in [3.63, 3.8) is 0 Å². The molecule has 1 aromatic carbocycles. The summed E-state index contributed by atoms with van der Waals surface area (Å²) >= 11 is 3.66. The molecule has 0 saturated heterocycles. The molecule has 0 aromatic heterocycles. The van der Waals surface area contributed by atoms with Gasteiger partial charge in [-0.1, -0.05) is 22.0 Å². The molecule has 0 atom stereocenters. The van der Waals surface area contributed by atoms with E-state index in [2.05, 4.69) is 41.9 Å². The first-order chi connectivity index (χ1) is 7.96. The number of halogens is 1. The first-order valence-corrected chi connectivity index (χ1v) is 6.83. The average molecular weight is 301 g/mol. The van der Waals surface area contributed by atoms with Crippen LogP contribution in [-0.2, 0) is 6.42 Å². The Bertz CT molecular complexity index is 356. The Kier molecular flexibility index (Phi) is 5.31. The fourth-order valence-electron chi connectivity index (χ4n) is 1.69. The van der Waals surface area contributed by atoms with Crippen LogP contribution >= 0.6 is 15.9 Å². The third kappa shape index (κ3) is 4.99. The van der Waals surface area contributed by atoms with Crippen LogP contribution in [0.3, 0.4) is 0 Å². The van der Waals surface area contributed by atoms with Gasteiger partial charge in [0, 0.05) is 4.32 Å². The number of ether oxygens (including phenoxy) is 2. The topological polar surface area (TPSA) is 18.5 Å². The molecule has 3 heteroatoms. The molecular weight excluding hydrogens is 280 g/mol. The Hall–Kier alpha value is -0.700. The molecule has 1 rings (SSSR count). The Morgan fingerprint density at radius 1 is 1.06 bits per heavy atom. The predicted molar refractivity (Wildman–Crippen MR) is 75.5 cm³/mol. The lowest BCUT2D eigenvalue weighted by Crippen LogP contribution is -2.13. The number of hydrogen-bond donors (Lipinski definition) is 0. The summed E-state index contributed by atoms with van der Waals surface area (Å²) < 4.78 is 11.2. The SMILES string of the molecule is CCOc1ccc(CC(C)(C)Br)cc1OCC. The Morgan fingerprint density at radius 2 is 1.65 bits per heavy atom. The lowest BCUT2D eigenvalue weighted by Gasteiger charge is -2.18. The van der Waals surface area contributed by atoms with Gasteiger partial charge in [-0.05, 0) is 51.8 Å². The first kappa shape index (κ1) is 14.4. The minimum atomic E-state index is 0.101. The van der Waals surface area contributed by atoms with Gasteiger partial charge in [0.25, 0.3) is 0 Å². The summed E-state index contributed by atoms with van der Waals surface area (Å²) in [5.74, 6) is 1.66. The minimum Gasteiger partial charge on any atom is -0.490 e. The van der Waals surface area contributed by atoms with Crippen molar-refractivity contribution in [1.82, 2.24) is 0 Å². The molecule has 0 aliphatic rings. The molecule has 0 fully saturated rings. The maximum atomic E-state index is 5.60. The number of hydrogen-bond acceptors (Lipinski definition) is 2. The summed E-state index contributed by atoms with van der Waals surface area (Å²) in [5.41, 5.74) is 1.25. The van der Waals surface area contributed by atoms with Crippen molar-refractivity contribution in [2.24, 2.45) is 0 Å². The average Bonchev–Trinajstić information content (AvgIpc) is 2.20. The van der Waals surface area contributed by atoms with E-state index < -0.39 is 0 Å². The smallest absolute Gasteiger partial charge is 0.161 e. The predicted octanol–water partition coefficient (Wildman–Crippen LogP) is 4.20. The zero-order valence-electron chi connectivity index (χ0n) is 11.0. The van der Waals surface area contributed by atoms with E-state index in [1.165, 1.54) is 5.56 Å². The maximum Gasteiger partial charge on any atom is 0.161 e. The monoisotopic (exact) mass is 300 g/mol. The highest BCUT2D eigenvalue weighted by Crippen LogP contribution is 2.31. The van der Waals surface area contributed by atoms with E-state index in [-0.39, 0.29) is 4.32 Å². The van der Waals surface area contributed by atoms with Crippen LogP contribution in [0, 0.1) is 0 Å². The van der Waals surface area contributed by atoms with Gasteiger partial charge >= 0.3 is 0 Å². The van der Waals surface area contributed by atoms with Gasteiger partial charge in [-0.25, -0.2) is 0 Å². The molecule has 0 aliphatic heterocycles. The molecule has 96 valence electrons. The number of benzene rings is 1. The molecular formula is C14H21BrO2. The van der Waals surface area contributed by atoms with Crippen LogP contribution in [0.2, 0.25) is 0 Å². The summed E-state index contributed by atoms with van der Waals surface area (Å²) in [4.78, 5) is 0. The van der Waals surface area contributed by atoms with E-state index in [9.17, 15) is 0 Å². The van der Waals surface area contributed by atoms with Crippen molar-refractivity contribution in [3.05, 3.63) is 23.8 Å². The minimum absolute atomic E-state index is 0.101. The molecule has 0 saturated carbocycles. The van der Waals surface area contributed by atoms with Crippen LogP contribution in [0.15, 0.2) is 18.2 Å². The highest BCUT2D eigenvalue weighted by molar-refractivity contribution is 9.10. The summed E-state index contributed by atoms with van der Waals surface area (Å²) in [5, 5.41) is 0. The second-order valence-electron chi connectivity index (χ2n) is 4.54. The second-order valence-corrected chi connectivity index (χ2v) is 6.69. The number of rotatable bonds is 6. The normalized spacial score (nSPS) is 11.4. The molecule has 0 heterocycles. The van der Waals surface area contributed by atoms with Crippen molar-refractivity contribution >= 4 is 15.9 Å². The van der Waals surface area contributed by atoms with Crippen molar-refractivity contribution in [1.29, 1.82) is 0 Å². The van der Waals surface area contributed by atoms with Gasteiger partial charge in [0.05, 0.1) is 13.2 Å². The zero-order chi connectivity index (χ0) is 12.9. The third-order valence-electron chi connectivity index (χ3n) is 2.23. The van der Waals surface area contributed by atoms with Gasteiger partial charge in [0.15, 0.2) is 11.5 Å². The van der Waals surface area contributed by atoms with Gasteiger partial charge in [0.1, 0.15) is 0 Å². The van der Waals surface area contributed by atoms with E-state index in [0.717, 1.165) is 17.9 Å². The van der Waals surface area contributed by atoms with Crippen molar-refractivity contribution < 1.29 is 9.47 Å². The molecule has 0 N–H and O–H groups in total.